The van der Waals surface area contributed by atoms with Crippen molar-refractivity contribution in [2.75, 3.05) is 13.2 Å². The molecule has 4 nitrogen and oxygen atoms in total. The predicted octanol–water partition coefficient (Wildman–Crippen LogP) is 3.93. The van der Waals surface area contributed by atoms with Crippen molar-refractivity contribution in [3.8, 4) is 5.75 Å². The number of aromatic nitrogens is 2. The molecule has 1 aliphatic rings. The zero-order valence-corrected chi connectivity index (χ0v) is 13.5. The number of hydrogen-bond acceptors (Lipinski definition) is 5. The lowest BCUT2D eigenvalue weighted by Gasteiger charge is -2.24. The summed E-state index contributed by atoms with van der Waals surface area (Å²) >= 11 is 7.37. The molecular weight excluding hydrogens is 306 g/mol. The third-order valence-corrected chi connectivity index (χ3v) is 4.79. The summed E-state index contributed by atoms with van der Waals surface area (Å²) in [6.07, 6.45) is 2.37. The van der Waals surface area contributed by atoms with Gasteiger partial charge in [-0.15, -0.1) is 5.10 Å². The summed E-state index contributed by atoms with van der Waals surface area (Å²) < 4.78 is 10.1. The second-order valence-electron chi connectivity index (χ2n) is 5.12. The zero-order valence-electron chi connectivity index (χ0n) is 12.0. The predicted molar refractivity (Wildman–Crippen MR) is 84.9 cm³/mol. The first-order chi connectivity index (χ1) is 10.3. The molecular formula is C15H18ClN3OS. The minimum atomic E-state index is 0.429. The summed E-state index contributed by atoms with van der Waals surface area (Å²) in [6, 6.07) is 8.85. The molecule has 1 saturated heterocycles. The van der Waals surface area contributed by atoms with E-state index in [0.717, 1.165) is 24.5 Å². The number of halogens is 1. The van der Waals surface area contributed by atoms with Crippen LogP contribution in [0.25, 0.3) is 0 Å². The van der Waals surface area contributed by atoms with E-state index in [0.29, 0.717) is 17.0 Å². The molecule has 0 N–H and O–H groups in total. The number of hydrogen-bond donors (Lipinski definition) is 0. The Labute approximate surface area is 133 Å². The van der Waals surface area contributed by atoms with Crippen molar-refractivity contribution >= 4 is 23.1 Å². The van der Waals surface area contributed by atoms with Crippen LogP contribution in [0.4, 0.5) is 0 Å². The highest BCUT2D eigenvalue weighted by Crippen LogP contribution is 2.34. The van der Waals surface area contributed by atoms with Crippen LogP contribution in [-0.4, -0.2) is 27.6 Å². The number of ether oxygens (including phenoxy) is 1. The van der Waals surface area contributed by atoms with Gasteiger partial charge in [0.1, 0.15) is 15.8 Å². The van der Waals surface area contributed by atoms with E-state index in [2.05, 4.69) is 26.6 Å². The largest absolute Gasteiger partial charge is 0.494 e. The normalized spacial score (nSPS) is 19.0. The molecule has 6 heteroatoms. The lowest BCUT2D eigenvalue weighted by atomic mass is 10.0. The molecule has 1 aromatic heterocycles. The molecule has 2 aromatic rings. The SMILES string of the molecule is CCOc1ccc(C2CCCN2Cc2nnsc2Cl)cc1. The highest BCUT2D eigenvalue weighted by Gasteiger charge is 2.27. The van der Waals surface area contributed by atoms with Gasteiger partial charge in [-0.25, -0.2) is 0 Å². The standard InChI is InChI=1S/C15H18ClN3OS/c1-2-20-12-7-5-11(6-8-12)14-4-3-9-19(14)10-13-15(16)21-18-17-13/h5-8,14H,2-4,9-10H2,1H3. The Bertz CT molecular complexity index is 587. The Kier molecular flexibility index (Phi) is 4.73. The third kappa shape index (κ3) is 3.36. The maximum atomic E-state index is 6.12. The Morgan fingerprint density at radius 3 is 2.86 bits per heavy atom. The number of benzene rings is 1. The van der Waals surface area contributed by atoms with Crippen molar-refractivity contribution in [3.63, 3.8) is 0 Å². The fourth-order valence-electron chi connectivity index (χ4n) is 2.83. The van der Waals surface area contributed by atoms with Crippen LogP contribution in [0.1, 0.15) is 37.1 Å². The Balaban J connectivity index is 1.72. The number of rotatable bonds is 5. The highest BCUT2D eigenvalue weighted by atomic mass is 35.5. The van der Waals surface area contributed by atoms with Crippen LogP contribution in [0, 0.1) is 0 Å². The molecule has 1 aliphatic heterocycles. The molecule has 0 saturated carbocycles. The van der Waals surface area contributed by atoms with Gasteiger partial charge < -0.3 is 4.74 Å². The van der Waals surface area contributed by atoms with Crippen LogP contribution >= 0.6 is 23.1 Å². The van der Waals surface area contributed by atoms with Crippen LogP contribution in [0.15, 0.2) is 24.3 Å². The minimum absolute atomic E-state index is 0.429. The molecule has 0 bridgehead atoms. The molecule has 0 radical (unpaired) electrons. The molecule has 1 atom stereocenters. The van der Waals surface area contributed by atoms with Gasteiger partial charge in [0, 0.05) is 24.1 Å². The second-order valence-corrected chi connectivity index (χ2v) is 6.48. The van der Waals surface area contributed by atoms with Crippen molar-refractivity contribution < 1.29 is 4.74 Å². The second kappa shape index (κ2) is 6.73. The van der Waals surface area contributed by atoms with Gasteiger partial charge in [-0.3, -0.25) is 4.90 Å². The molecule has 112 valence electrons. The lowest BCUT2D eigenvalue weighted by molar-refractivity contribution is 0.245. The fourth-order valence-corrected chi connectivity index (χ4v) is 3.44. The van der Waals surface area contributed by atoms with E-state index < -0.39 is 0 Å². The van der Waals surface area contributed by atoms with Gasteiger partial charge in [0.25, 0.3) is 0 Å². The summed E-state index contributed by atoms with van der Waals surface area (Å²) in [4.78, 5) is 2.43. The van der Waals surface area contributed by atoms with E-state index in [4.69, 9.17) is 16.3 Å². The van der Waals surface area contributed by atoms with Crippen molar-refractivity contribution in [1.29, 1.82) is 0 Å². The van der Waals surface area contributed by atoms with Gasteiger partial charge in [-0.2, -0.15) is 0 Å². The highest BCUT2D eigenvalue weighted by molar-refractivity contribution is 7.10. The smallest absolute Gasteiger partial charge is 0.138 e. The van der Waals surface area contributed by atoms with Gasteiger partial charge in [0.2, 0.25) is 0 Å². The first kappa shape index (κ1) is 14.8. The van der Waals surface area contributed by atoms with Crippen molar-refractivity contribution in [2.24, 2.45) is 0 Å². The first-order valence-electron chi connectivity index (χ1n) is 7.21. The van der Waals surface area contributed by atoms with Gasteiger partial charge in [0.15, 0.2) is 0 Å². The average Bonchev–Trinajstić information content (AvgIpc) is 3.11. The van der Waals surface area contributed by atoms with Crippen LogP contribution in [0.5, 0.6) is 5.75 Å². The molecule has 21 heavy (non-hydrogen) atoms. The minimum Gasteiger partial charge on any atom is -0.494 e. The van der Waals surface area contributed by atoms with Crippen LogP contribution in [0.3, 0.4) is 0 Å². The topological polar surface area (TPSA) is 38.2 Å². The lowest BCUT2D eigenvalue weighted by Crippen LogP contribution is -2.23. The summed E-state index contributed by atoms with van der Waals surface area (Å²) in [6.45, 7) is 4.54. The van der Waals surface area contributed by atoms with E-state index in [1.807, 2.05) is 19.1 Å². The van der Waals surface area contributed by atoms with Crippen molar-refractivity contribution in [3.05, 3.63) is 39.9 Å². The molecule has 1 aromatic carbocycles. The average molecular weight is 324 g/mol. The molecule has 0 amide bonds. The van der Waals surface area contributed by atoms with Crippen LogP contribution in [0.2, 0.25) is 4.34 Å². The Morgan fingerprint density at radius 2 is 2.19 bits per heavy atom. The molecule has 1 fully saturated rings. The molecule has 0 aliphatic carbocycles. The summed E-state index contributed by atoms with van der Waals surface area (Å²) in [5.41, 5.74) is 2.22. The summed E-state index contributed by atoms with van der Waals surface area (Å²) in [7, 11) is 0. The molecule has 1 unspecified atom stereocenters. The van der Waals surface area contributed by atoms with Crippen molar-refractivity contribution in [1.82, 2.24) is 14.5 Å². The molecule has 3 rings (SSSR count). The van der Waals surface area contributed by atoms with E-state index in [9.17, 15) is 0 Å². The zero-order chi connectivity index (χ0) is 14.7. The van der Waals surface area contributed by atoms with Gasteiger partial charge in [-0.1, -0.05) is 28.2 Å². The van der Waals surface area contributed by atoms with E-state index >= 15 is 0 Å². The number of nitrogens with zero attached hydrogens (tertiary/aromatic N) is 3. The van der Waals surface area contributed by atoms with Gasteiger partial charge in [0.05, 0.1) is 6.61 Å². The summed E-state index contributed by atoms with van der Waals surface area (Å²) in [5, 5.41) is 4.12. The fraction of sp³-hybridized carbons (Fsp3) is 0.467. The van der Waals surface area contributed by atoms with Crippen molar-refractivity contribution in [2.45, 2.75) is 32.4 Å². The maximum absolute atomic E-state index is 6.12. The van der Waals surface area contributed by atoms with E-state index in [-0.39, 0.29) is 0 Å². The van der Waals surface area contributed by atoms with Crippen LogP contribution < -0.4 is 4.74 Å². The quantitative estimate of drug-likeness (QED) is 0.835. The maximum Gasteiger partial charge on any atom is 0.138 e. The Morgan fingerprint density at radius 1 is 1.38 bits per heavy atom. The van der Waals surface area contributed by atoms with Gasteiger partial charge in [-0.05, 0) is 44.0 Å². The monoisotopic (exact) mass is 323 g/mol. The van der Waals surface area contributed by atoms with E-state index in [1.165, 1.54) is 29.9 Å². The van der Waals surface area contributed by atoms with E-state index in [1.54, 1.807) is 0 Å². The first-order valence-corrected chi connectivity index (χ1v) is 8.36. The number of likely N-dealkylation sites (tertiary alicyclic amines) is 1. The Hall–Kier alpha value is -1.17. The van der Waals surface area contributed by atoms with Crippen LogP contribution in [-0.2, 0) is 6.54 Å². The summed E-state index contributed by atoms with van der Waals surface area (Å²) in [5.74, 6) is 0.928. The molecule has 0 spiro atoms. The third-order valence-electron chi connectivity index (χ3n) is 3.80. The van der Waals surface area contributed by atoms with Gasteiger partial charge >= 0.3 is 0 Å². The molecule has 2 heterocycles.